The second kappa shape index (κ2) is 12.6. The molecule has 100 valence electrons. The third-order valence-corrected chi connectivity index (χ3v) is 7.66. The Balaban J connectivity index is 0. The molecule has 0 unspecified atom stereocenters. The molecule has 2 heteroatoms. The van der Waals surface area contributed by atoms with E-state index in [0.717, 1.165) is 0 Å². The Morgan fingerprint density at radius 3 is 1.38 bits per heavy atom. The van der Waals surface area contributed by atoms with Crippen molar-refractivity contribution in [3.8, 4) is 0 Å². The summed E-state index contributed by atoms with van der Waals surface area (Å²) < 4.78 is 1.59. The third kappa shape index (κ3) is 17.5. The van der Waals surface area contributed by atoms with Gasteiger partial charge in [0.05, 0.1) is 0 Å². The molecule has 0 fully saturated rings. The number of unbranched alkanes of at least 4 members (excludes halogenated alkanes) is 8. The normalized spacial score (nSPS) is 11.2. The molecule has 0 saturated heterocycles. The molecule has 0 nitrogen and oxygen atoms in total. The minimum absolute atomic E-state index is 0. The minimum atomic E-state index is -1.31. The number of hydrogen-bond donors (Lipinski definition) is 0. The first-order valence-corrected chi connectivity index (χ1v) is 16.3. The van der Waals surface area contributed by atoms with Crippen LogP contribution in [0.1, 0.15) is 64.7 Å². The van der Waals surface area contributed by atoms with Crippen LogP contribution in [0.4, 0.5) is 0 Å². The van der Waals surface area contributed by atoms with Crippen LogP contribution in [-0.4, -0.2) is 18.8 Å². The average Bonchev–Trinajstić information content (AvgIpc) is 2.14. The molecule has 16 heavy (non-hydrogen) atoms. The zero-order chi connectivity index (χ0) is 11.6. The summed E-state index contributed by atoms with van der Waals surface area (Å²) in [6.07, 6.45) is 13.2. The summed E-state index contributed by atoms with van der Waals surface area (Å²) >= 11 is -1.31. The minimum Gasteiger partial charge on any atom is -1.00 e. The first-order chi connectivity index (χ1) is 7.06. The molecular weight excluding hydrogens is 325 g/mol. The fourth-order valence-corrected chi connectivity index (χ4v) is 5.24. The molecule has 0 heterocycles. The van der Waals surface area contributed by atoms with Crippen molar-refractivity contribution >= 4 is 18.8 Å². The maximum absolute atomic E-state index is 2.54. The van der Waals surface area contributed by atoms with Gasteiger partial charge in [0, 0.05) is 0 Å². The molecule has 0 rings (SSSR count). The molecule has 0 aliphatic rings. The van der Waals surface area contributed by atoms with Crippen molar-refractivity contribution in [3.63, 3.8) is 0 Å². The van der Waals surface area contributed by atoms with Crippen molar-refractivity contribution in [1.82, 2.24) is 0 Å². The third-order valence-electron chi connectivity index (χ3n) is 2.93. The average molecular weight is 358 g/mol. The summed E-state index contributed by atoms with van der Waals surface area (Å²) in [6, 6.07) is 0. The van der Waals surface area contributed by atoms with Gasteiger partial charge < -0.3 is 12.4 Å². The van der Waals surface area contributed by atoms with Gasteiger partial charge in [-0.15, -0.1) is 0 Å². The standard InChI is InChI=1S/C11H23.3CH3.ClH.Sb/c1-3-5-7-9-11-10-8-6-4-2;;;;;/h1,3-11H2,2H3;3*1H3;1H;/q;;;;;+1/p-1. The molecule has 0 aliphatic heterocycles. The maximum atomic E-state index is 2.54. The molecule has 0 radical (unpaired) electrons. The van der Waals surface area contributed by atoms with Gasteiger partial charge >= 0.3 is 102 Å². The smallest absolute Gasteiger partial charge is 1.00 e. The number of rotatable bonds is 10. The Morgan fingerprint density at radius 1 is 0.625 bits per heavy atom. The van der Waals surface area contributed by atoms with Gasteiger partial charge in [0.1, 0.15) is 0 Å². The molecule has 0 aromatic rings. The van der Waals surface area contributed by atoms with Crippen LogP contribution in [0.2, 0.25) is 19.0 Å². The van der Waals surface area contributed by atoms with Crippen molar-refractivity contribution in [2.45, 2.75) is 83.7 Å². The van der Waals surface area contributed by atoms with E-state index in [-0.39, 0.29) is 12.4 Å². The Morgan fingerprint density at radius 2 is 1.00 bits per heavy atom. The van der Waals surface area contributed by atoms with Gasteiger partial charge in [-0.1, -0.05) is 0 Å². The molecule has 0 aliphatic carbocycles. The van der Waals surface area contributed by atoms with Crippen LogP contribution in [0, 0.1) is 0 Å². The number of hydrogen-bond acceptors (Lipinski definition) is 0. The zero-order valence-corrected chi connectivity index (χ0v) is 15.2. The summed E-state index contributed by atoms with van der Waals surface area (Å²) in [5.74, 6) is 0. The fraction of sp³-hybridized carbons (Fsp3) is 1.00. The Kier molecular flexibility index (Phi) is 15.3. The summed E-state index contributed by atoms with van der Waals surface area (Å²) in [4.78, 5) is 7.63. The van der Waals surface area contributed by atoms with E-state index in [2.05, 4.69) is 21.5 Å². The maximum Gasteiger partial charge on any atom is -1.00 e. The molecule has 0 aromatic heterocycles. The Labute approximate surface area is 114 Å². The SMILES string of the molecule is CCCCCCCCCC[CH2][Sb+]([CH3])([CH3])[CH3].[Cl-]. The van der Waals surface area contributed by atoms with Crippen LogP contribution in [0.25, 0.3) is 0 Å². The summed E-state index contributed by atoms with van der Waals surface area (Å²) in [6.45, 7) is 2.29. The zero-order valence-electron chi connectivity index (χ0n) is 11.9. The van der Waals surface area contributed by atoms with E-state index >= 15 is 0 Å². The topological polar surface area (TPSA) is 0 Å². The first-order valence-electron chi connectivity index (χ1n) is 6.86. The number of halogens is 1. The van der Waals surface area contributed by atoms with Crippen LogP contribution in [-0.2, 0) is 0 Å². The molecule has 0 aromatic carbocycles. The van der Waals surface area contributed by atoms with Gasteiger partial charge in [0.15, 0.2) is 0 Å². The first kappa shape index (κ1) is 19.4. The summed E-state index contributed by atoms with van der Waals surface area (Å²) in [5, 5.41) is 0. The van der Waals surface area contributed by atoms with Gasteiger partial charge in [0.25, 0.3) is 0 Å². The quantitative estimate of drug-likeness (QED) is 0.417. The van der Waals surface area contributed by atoms with Crippen LogP contribution in [0.15, 0.2) is 0 Å². The molecular formula is C14H32ClSb. The molecule has 0 bridgehead atoms. The van der Waals surface area contributed by atoms with Crippen molar-refractivity contribution in [2.24, 2.45) is 0 Å². The van der Waals surface area contributed by atoms with Gasteiger partial charge in [-0.3, -0.25) is 0 Å². The molecule has 0 atom stereocenters. The van der Waals surface area contributed by atoms with Crippen LogP contribution < -0.4 is 12.4 Å². The monoisotopic (exact) mass is 356 g/mol. The largest absolute Gasteiger partial charge is 1.00 e. The van der Waals surface area contributed by atoms with E-state index in [1.165, 1.54) is 57.8 Å². The Bertz CT molecular complexity index is 129. The van der Waals surface area contributed by atoms with Crippen molar-refractivity contribution < 1.29 is 12.4 Å². The van der Waals surface area contributed by atoms with Crippen molar-refractivity contribution in [1.29, 1.82) is 0 Å². The van der Waals surface area contributed by atoms with Crippen LogP contribution >= 0.6 is 0 Å². The second-order valence-electron chi connectivity index (χ2n) is 5.84. The second-order valence-corrected chi connectivity index (χ2v) is 20.2. The van der Waals surface area contributed by atoms with Gasteiger partial charge in [-0.2, -0.15) is 0 Å². The van der Waals surface area contributed by atoms with E-state index < -0.39 is 18.8 Å². The van der Waals surface area contributed by atoms with E-state index in [0.29, 0.717) is 0 Å². The summed E-state index contributed by atoms with van der Waals surface area (Å²) in [5.41, 5.74) is 0. The van der Waals surface area contributed by atoms with Crippen LogP contribution in [0.5, 0.6) is 0 Å². The predicted molar refractivity (Wildman–Crippen MR) is 75.4 cm³/mol. The molecule has 0 N–H and O–H groups in total. The van der Waals surface area contributed by atoms with Crippen molar-refractivity contribution in [2.75, 3.05) is 0 Å². The van der Waals surface area contributed by atoms with E-state index in [9.17, 15) is 0 Å². The fourth-order valence-electron chi connectivity index (χ4n) is 1.90. The van der Waals surface area contributed by atoms with E-state index in [1.807, 2.05) is 0 Å². The Hall–Kier alpha value is 1.11. The van der Waals surface area contributed by atoms with Gasteiger partial charge in [-0.05, 0) is 0 Å². The molecule has 0 spiro atoms. The van der Waals surface area contributed by atoms with Crippen LogP contribution in [0.3, 0.4) is 0 Å². The summed E-state index contributed by atoms with van der Waals surface area (Å²) in [7, 11) is 0. The van der Waals surface area contributed by atoms with Gasteiger partial charge in [0.2, 0.25) is 0 Å². The molecule has 0 saturated carbocycles. The van der Waals surface area contributed by atoms with E-state index in [4.69, 9.17) is 0 Å². The molecule has 0 amide bonds. The van der Waals surface area contributed by atoms with Gasteiger partial charge in [-0.25, -0.2) is 0 Å². The van der Waals surface area contributed by atoms with E-state index in [1.54, 1.807) is 4.37 Å². The van der Waals surface area contributed by atoms with Crippen molar-refractivity contribution in [3.05, 3.63) is 0 Å². The predicted octanol–water partition coefficient (Wildman–Crippen LogP) is 2.86.